The average molecular weight is 339 g/mol. The predicted octanol–water partition coefficient (Wildman–Crippen LogP) is 3.61. The van der Waals surface area contributed by atoms with Crippen molar-refractivity contribution in [2.45, 2.75) is 32.2 Å². The van der Waals surface area contributed by atoms with E-state index in [1.807, 2.05) is 38.1 Å². The van der Waals surface area contributed by atoms with Crippen LogP contribution in [0.25, 0.3) is 0 Å². The molecule has 2 atom stereocenters. The molecule has 1 aliphatic rings. The van der Waals surface area contributed by atoms with Gasteiger partial charge < -0.3 is 14.7 Å². The topological polar surface area (TPSA) is 66.8 Å². The molecule has 0 fully saturated rings. The Hall–Kier alpha value is -2.82. The minimum absolute atomic E-state index is 0.0288. The number of carbonyl (C=O) groups is 2. The van der Waals surface area contributed by atoms with Crippen LogP contribution in [-0.4, -0.2) is 30.1 Å². The van der Waals surface area contributed by atoms with Crippen molar-refractivity contribution in [2.75, 3.05) is 12.0 Å². The molecule has 130 valence electrons. The van der Waals surface area contributed by atoms with Gasteiger partial charge in [0.25, 0.3) is 5.91 Å². The summed E-state index contributed by atoms with van der Waals surface area (Å²) in [6.07, 6.45) is -0.0288. The first-order chi connectivity index (χ1) is 11.9. The van der Waals surface area contributed by atoms with Crippen molar-refractivity contribution in [3.63, 3.8) is 0 Å². The molecule has 0 radical (unpaired) electrons. The fourth-order valence-electron chi connectivity index (χ4n) is 3.43. The number of fused-ring (bicyclic) bond motifs is 1. The van der Waals surface area contributed by atoms with Crippen LogP contribution < -0.4 is 9.64 Å². The van der Waals surface area contributed by atoms with E-state index in [1.54, 1.807) is 30.2 Å². The summed E-state index contributed by atoms with van der Waals surface area (Å²) in [6, 6.07) is 12.6. The molecule has 25 heavy (non-hydrogen) atoms. The van der Waals surface area contributed by atoms with Gasteiger partial charge in [0.2, 0.25) is 0 Å². The van der Waals surface area contributed by atoms with Gasteiger partial charge in [0, 0.05) is 23.2 Å². The number of nitrogens with zero attached hydrogens (tertiary/aromatic N) is 1. The summed E-state index contributed by atoms with van der Waals surface area (Å²) in [4.78, 5) is 26.1. The maximum absolute atomic E-state index is 13.1. The van der Waals surface area contributed by atoms with Crippen molar-refractivity contribution in [3.8, 4) is 5.75 Å². The van der Waals surface area contributed by atoms with Gasteiger partial charge >= 0.3 is 5.97 Å². The van der Waals surface area contributed by atoms with Crippen LogP contribution in [0.4, 0.5) is 5.69 Å². The molecule has 2 unspecified atom stereocenters. The molecule has 3 rings (SSSR count). The highest BCUT2D eigenvalue weighted by atomic mass is 16.5. The first kappa shape index (κ1) is 17.0. The lowest BCUT2D eigenvalue weighted by Gasteiger charge is -2.25. The van der Waals surface area contributed by atoms with Crippen molar-refractivity contribution in [2.24, 2.45) is 0 Å². The lowest BCUT2D eigenvalue weighted by atomic mass is 9.92. The average Bonchev–Trinajstić information content (AvgIpc) is 2.86. The van der Waals surface area contributed by atoms with Crippen LogP contribution in [0.1, 0.15) is 40.7 Å². The molecule has 1 amide bonds. The molecule has 5 nitrogen and oxygen atoms in total. The number of benzene rings is 2. The van der Waals surface area contributed by atoms with Crippen molar-refractivity contribution in [1.29, 1.82) is 0 Å². The molecular weight excluding hydrogens is 318 g/mol. The Labute approximate surface area is 146 Å². The number of carboxylic acid groups (broad SMARTS) is 1. The van der Waals surface area contributed by atoms with Crippen LogP contribution in [0.15, 0.2) is 42.5 Å². The number of ether oxygens (including phenoxy) is 1. The molecule has 5 heteroatoms. The maximum atomic E-state index is 13.1. The van der Waals surface area contributed by atoms with E-state index in [0.717, 1.165) is 16.8 Å². The second-order valence-electron chi connectivity index (χ2n) is 6.41. The number of anilines is 1. The molecular formula is C20H21NO4. The Morgan fingerprint density at radius 3 is 2.44 bits per heavy atom. The van der Waals surface area contributed by atoms with Gasteiger partial charge in [-0.25, -0.2) is 0 Å². The number of hydrogen-bond donors (Lipinski definition) is 1. The van der Waals surface area contributed by atoms with Crippen LogP contribution in [0.2, 0.25) is 0 Å². The summed E-state index contributed by atoms with van der Waals surface area (Å²) in [5.74, 6) is -0.606. The van der Waals surface area contributed by atoms with Gasteiger partial charge in [-0.1, -0.05) is 17.7 Å². The van der Waals surface area contributed by atoms with E-state index in [1.165, 1.54) is 0 Å². The van der Waals surface area contributed by atoms with Crippen LogP contribution in [0, 0.1) is 6.92 Å². The third kappa shape index (κ3) is 3.09. The van der Waals surface area contributed by atoms with E-state index < -0.39 is 5.97 Å². The normalized spacial score (nSPS) is 18.8. The number of carbonyl (C=O) groups excluding carboxylic acids is 1. The molecule has 0 aromatic heterocycles. The van der Waals surface area contributed by atoms with E-state index in [-0.39, 0.29) is 24.3 Å². The van der Waals surface area contributed by atoms with Crippen molar-refractivity contribution >= 4 is 17.6 Å². The summed E-state index contributed by atoms with van der Waals surface area (Å²) < 4.78 is 5.27. The molecule has 0 spiro atoms. The largest absolute Gasteiger partial charge is 0.497 e. The van der Waals surface area contributed by atoms with Gasteiger partial charge in [-0.05, 0) is 49.7 Å². The fourth-order valence-corrected chi connectivity index (χ4v) is 3.43. The molecule has 0 bridgehead atoms. The van der Waals surface area contributed by atoms with E-state index in [2.05, 4.69) is 0 Å². The Morgan fingerprint density at radius 1 is 1.16 bits per heavy atom. The SMILES string of the molecule is COc1ccc2c(c1)C(CC(=O)O)C(C)N2C(=O)c1ccc(C)cc1. The van der Waals surface area contributed by atoms with Crippen LogP contribution >= 0.6 is 0 Å². The molecule has 1 N–H and O–H groups in total. The summed E-state index contributed by atoms with van der Waals surface area (Å²) in [7, 11) is 1.57. The third-order valence-electron chi connectivity index (χ3n) is 4.80. The van der Waals surface area contributed by atoms with Gasteiger partial charge in [0.05, 0.1) is 13.5 Å². The Morgan fingerprint density at radius 2 is 1.84 bits per heavy atom. The van der Waals surface area contributed by atoms with Crippen molar-refractivity contribution in [3.05, 3.63) is 59.2 Å². The van der Waals surface area contributed by atoms with Crippen LogP contribution in [0.3, 0.4) is 0 Å². The van der Waals surface area contributed by atoms with Gasteiger partial charge in [0.1, 0.15) is 5.75 Å². The lowest BCUT2D eigenvalue weighted by Crippen LogP contribution is -2.37. The highest BCUT2D eigenvalue weighted by Crippen LogP contribution is 2.44. The zero-order valence-corrected chi connectivity index (χ0v) is 14.5. The number of aryl methyl sites for hydroxylation is 1. The highest BCUT2D eigenvalue weighted by molar-refractivity contribution is 6.08. The summed E-state index contributed by atoms with van der Waals surface area (Å²) in [5, 5.41) is 9.28. The van der Waals surface area contributed by atoms with Crippen molar-refractivity contribution in [1.82, 2.24) is 0 Å². The minimum Gasteiger partial charge on any atom is -0.497 e. The van der Waals surface area contributed by atoms with E-state index in [4.69, 9.17) is 4.74 Å². The molecule has 0 aliphatic carbocycles. The number of rotatable bonds is 4. The van der Waals surface area contributed by atoms with E-state index in [9.17, 15) is 14.7 Å². The fraction of sp³-hybridized carbons (Fsp3) is 0.300. The van der Waals surface area contributed by atoms with Gasteiger partial charge in [-0.3, -0.25) is 9.59 Å². The number of hydrogen-bond acceptors (Lipinski definition) is 3. The second-order valence-corrected chi connectivity index (χ2v) is 6.41. The molecule has 0 saturated heterocycles. The molecule has 1 aliphatic heterocycles. The van der Waals surface area contributed by atoms with Crippen molar-refractivity contribution < 1.29 is 19.4 Å². The third-order valence-corrected chi connectivity index (χ3v) is 4.80. The summed E-state index contributed by atoms with van der Waals surface area (Å²) in [6.45, 7) is 3.86. The highest BCUT2D eigenvalue weighted by Gasteiger charge is 2.40. The first-order valence-corrected chi connectivity index (χ1v) is 8.22. The zero-order valence-electron chi connectivity index (χ0n) is 14.5. The van der Waals surface area contributed by atoms with E-state index in [0.29, 0.717) is 11.3 Å². The Balaban J connectivity index is 2.04. The molecule has 2 aromatic rings. The van der Waals surface area contributed by atoms with Gasteiger partial charge in [-0.15, -0.1) is 0 Å². The van der Waals surface area contributed by atoms with Gasteiger partial charge in [-0.2, -0.15) is 0 Å². The number of amides is 1. The number of carboxylic acids is 1. The maximum Gasteiger partial charge on any atom is 0.304 e. The summed E-state index contributed by atoms with van der Waals surface area (Å²) >= 11 is 0. The van der Waals surface area contributed by atoms with E-state index >= 15 is 0 Å². The second kappa shape index (κ2) is 6.59. The Bertz CT molecular complexity index is 813. The monoisotopic (exact) mass is 339 g/mol. The minimum atomic E-state index is -0.879. The predicted molar refractivity (Wildman–Crippen MR) is 95.4 cm³/mol. The number of aliphatic carboxylic acids is 1. The standard InChI is InChI=1S/C20H21NO4/c1-12-4-6-14(7-5-12)20(24)21-13(2)16(11-19(22)23)17-10-15(25-3)8-9-18(17)21/h4-10,13,16H,11H2,1-3H3,(H,22,23). The number of methoxy groups -OCH3 is 1. The molecule has 1 heterocycles. The Kier molecular flexibility index (Phi) is 4.49. The van der Waals surface area contributed by atoms with Crippen LogP contribution in [-0.2, 0) is 4.79 Å². The van der Waals surface area contributed by atoms with Crippen LogP contribution in [0.5, 0.6) is 5.75 Å². The zero-order chi connectivity index (χ0) is 18.1. The van der Waals surface area contributed by atoms with Gasteiger partial charge in [0.15, 0.2) is 0 Å². The summed E-state index contributed by atoms with van der Waals surface area (Å²) in [5.41, 5.74) is 3.27. The first-order valence-electron chi connectivity index (χ1n) is 8.22. The lowest BCUT2D eigenvalue weighted by molar-refractivity contribution is -0.137. The quantitative estimate of drug-likeness (QED) is 0.924. The molecule has 0 saturated carbocycles. The smallest absolute Gasteiger partial charge is 0.304 e. The molecule has 2 aromatic carbocycles.